The molecule has 1 atom stereocenters. The normalized spacial score (nSPS) is 18.3. The summed E-state index contributed by atoms with van der Waals surface area (Å²) in [7, 11) is 0. The first-order chi connectivity index (χ1) is 9.25. The standard InChI is InChI=1S/C17H22N2/c1-13-5-2-3-6-14(13)9-11-19-12-10-15-16(18)7-4-8-17(15)19/h2-3,5-6,10,12,16H,4,7-9,11,18H2,1H3. The lowest BCUT2D eigenvalue weighted by Gasteiger charge is -2.21. The van der Waals surface area contributed by atoms with Crippen LogP contribution in [-0.4, -0.2) is 4.57 Å². The second-order valence-electron chi connectivity index (χ2n) is 5.59. The number of aromatic nitrogens is 1. The van der Waals surface area contributed by atoms with E-state index in [1.165, 1.54) is 35.2 Å². The first-order valence-electron chi connectivity index (χ1n) is 7.23. The van der Waals surface area contributed by atoms with Crippen LogP contribution in [0.2, 0.25) is 0 Å². The molecular weight excluding hydrogens is 232 g/mol. The third kappa shape index (κ3) is 2.45. The Balaban J connectivity index is 1.76. The van der Waals surface area contributed by atoms with Crippen LogP contribution in [0.4, 0.5) is 0 Å². The van der Waals surface area contributed by atoms with Crippen molar-refractivity contribution in [3.63, 3.8) is 0 Å². The minimum absolute atomic E-state index is 0.253. The molecule has 2 heteroatoms. The zero-order valence-corrected chi connectivity index (χ0v) is 11.6. The van der Waals surface area contributed by atoms with E-state index < -0.39 is 0 Å². The highest BCUT2D eigenvalue weighted by molar-refractivity contribution is 5.29. The van der Waals surface area contributed by atoms with E-state index in [9.17, 15) is 0 Å². The number of benzene rings is 1. The van der Waals surface area contributed by atoms with Gasteiger partial charge in [-0.05, 0) is 55.4 Å². The molecule has 2 nitrogen and oxygen atoms in total. The van der Waals surface area contributed by atoms with Crippen LogP contribution >= 0.6 is 0 Å². The first kappa shape index (κ1) is 12.5. The molecule has 1 aromatic carbocycles. The second-order valence-corrected chi connectivity index (χ2v) is 5.59. The van der Waals surface area contributed by atoms with E-state index in [4.69, 9.17) is 5.73 Å². The van der Waals surface area contributed by atoms with Crippen LogP contribution in [0.3, 0.4) is 0 Å². The molecular formula is C17H22N2. The summed E-state index contributed by atoms with van der Waals surface area (Å²) in [6.45, 7) is 3.25. The Kier molecular flexibility index (Phi) is 3.43. The van der Waals surface area contributed by atoms with E-state index in [2.05, 4.69) is 48.0 Å². The summed E-state index contributed by atoms with van der Waals surface area (Å²) in [5, 5.41) is 0. The predicted molar refractivity (Wildman–Crippen MR) is 79.2 cm³/mol. The second kappa shape index (κ2) is 5.22. The third-order valence-corrected chi connectivity index (χ3v) is 4.33. The Bertz CT molecular complexity index is 568. The number of nitrogens with two attached hydrogens (primary N) is 1. The molecule has 1 unspecified atom stereocenters. The molecule has 0 radical (unpaired) electrons. The zero-order valence-electron chi connectivity index (χ0n) is 11.6. The van der Waals surface area contributed by atoms with E-state index in [1.54, 1.807) is 0 Å². The number of nitrogens with zero attached hydrogens (tertiary/aromatic N) is 1. The highest BCUT2D eigenvalue weighted by Gasteiger charge is 2.19. The number of rotatable bonds is 3. The van der Waals surface area contributed by atoms with E-state index in [-0.39, 0.29) is 6.04 Å². The number of fused-ring (bicyclic) bond motifs is 1. The molecule has 2 N–H and O–H groups in total. The van der Waals surface area contributed by atoms with Crippen molar-refractivity contribution in [3.8, 4) is 0 Å². The van der Waals surface area contributed by atoms with Crippen LogP contribution in [-0.2, 0) is 19.4 Å². The summed E-state index contributed by atoms with van der Waals surface area (Å²) in [5.74, 6) is 0. The molecule has 1 aliphatic carbocycles. The molecule has 0 amide bonds. The lowest BCUT2D eigenvalue weighted by atomic mass is 9.93. The molecule has 0 fully saturated rings. The average molecular weight is 254 g/mol. The molecule has 3 rings (SSSR count). The van der Waals surface area contributed by atoms with Gasteiger partial charge in [0, 0.05) is 24.5 Å². The fourth-order valence-electron chi connectivity index (χ4n) is 3.13. The van der Waals surface area contributed by atoms with Crippen LogP contribution in [0.5, 0.6) is 0 Å². The largest absolute Gasteiger partial charge is 0.351 e. The van der Waals surface area contributed by atoms with Crippen molar-refractivity contribution in [2.24, 2.45) is 5.73 Å². The molecule has 0 saturated heterocycles. The van der Waals surface area contributed by atoms with Crippen molar-refractivity contribution >= 4 is 0 Å². The van der Waals surface area contributed by atoms with Gasteiger partial charge in [-0.2, -0.15) is 0 Å². The topological polar surface area (TPSA) is 30.9 Å². The fraction of sp³-hybridized carbons (Fsp3) is 0.412. The Hall–Kier alpha value is -1.54. The molecule has 0 aliphatic heterocycles. The Morgan fingerprint density at radius 3 is 2.95 bits per heavy atom. The van der Waals surface area contributed by atoms with Gasteiger partial charge in [0.05, 0.1) is 0 Å². The van der Waals surface area contributed by atoms with Gasteiger partial charge in [-0.25, -0.2) is 0 Å². The fourth-order valence-corrected chi connectivity index (χ4v) is 3.13. The first-order valence-corrected chi connectivity index (χ1v) is 7.23. The SMILES string of the molecule is Cc1ccccc1CCn1ccc2c1CCCC2N. The molecule has 0 bridgehead atoms. The molecule has 100 valence electrons. The van der Waals surface area contributed by atoms with Gasteiger partial charge in [-0.1, -0.05) is 24.3 Å². The minimum atomic E-state index is 0.253. The van der Waals surface area contributed by atoms with Gasteiger partial charge < -0.3 is 10.3 Å². The Morgan fingerprint density at radius 2 is 2.11 bits per heavy atom. The molecule has 1 aromatic heterocycles. The van der Waals surface area contributed by atoms with Crippen molar-refractivity contribution in [1.29, 1.82) is 0 Å². The van der Waals surface area contributed by atoms with Gasteiger partial charge in [0.1, 0.15) is 0 Å². The van der Waals surface area contributed by atoms with Gasteiger partial charge in [-0.15, -0.1) is 0 Å². The maximum atomic E-state index is 6.18. The summed E-state index contributed by atoms with van der Waals surface area (Å²) in [6.07, 6.45) is 6.86. The van der Waals surface area contributed by atoms with Crippen molar-refractivity contribution in [2.75, 3.05) is 0 Å². The Labute approximate surface area is 115 Å². The molecule has 0 spiro atoms. The van der Waals surface area contributed by atoms with Crippen molar-refractivity contribution in [3.05, 3.63) is 58.9 Å². The van der Waals surface area contributed by atoms with Crippen molar-refractivity contribution in [1.82, 2.24) is 4.57 Å². The van der Waals surface area contributed by atoms with E-state index >= 15 is 0 Å². The quantitative estimate of drug-likeness (QED) is 0.894. The third-order valence-electron chi connectivity index (χ3n) is 4.33. The van der Waals surface area contributed by atoms with Gasteiger partial charge in [-0.3, -0.25) is 0 Å². The minimum Gasteiger partial charge on any atom is -0.351 e. The predicted octanol–water partition coefficient (Wildman–Crippen LogP) is 3.38. The van der Waals surface area contributed by atoms with Crippen LogP contribution in [0.25, 0.3) is 0 Å². The maximum Gasteiger partial charge on any atom is 0.0312 e. The summed E-state index contributed by atoms with van der Waals surface area (Å²) >= 11 is 0. The monoisotopic (exact) mass is 254 g/mol. The highest BCUT2D eigenvalue weighted by Crippen LogP contribution is 2.28. The summed E-state index contributed by atoms with van der Waals surface area (Å²) in [6, 6.07) is 11.1. The maximum absolute atomic E-state index is 6.18. The van der Waals surface area contributed by atoms with Crippen LogP contribution < -0.4 is 5.73 Å². The van der Waals surface area contributed by atoms with E-state index in [0.29, 0.717) is 0 Å². The smallest absolute Gasteiger partial charge is 0.0312 e. The summed E-state index contributed by atoms with van der Waals surface area (Å²) < 4.78 is 2.40. The summed E-state index contributed by atoms with van der Waals surface area (Å²) in [5.41, 5.74) is 11.9. The molecule has 2 aromatic rings. The van der Waals surface area contributed by atoms with E-state index in [1.807, 2.05) is 0 Å². The lowest BCUT2D eigenvalue weighted by molar-refractivity contribution is 0.538. The molecule has 0 saturated carbocycles. The zero-order chi connectivity index (χ0) is 13.2. The average Bonchev–Trinajstić information content (AvgIpc) is 2.83. The number of hydrogen-bond acceptors (Lipinski definition) is 1. The van der Waals surface area contributed by atoms with Crippen LogP contribution in [0.1, 0.15) is 41.3 Å². The van der Waals surface area contributed by atoms with Gasteiger partial charge >= 0.3 is 0 Å². The molecule has 1 heterocycles. The van der Waals surface area contributed by atoms with Gasteiger partial charge in [0.2, 0.25) is 0 Å². The van der Waals surface area contributed by atoms with Crippen LogP contribution in [0, 0.1) is 6.92 Å². The highest BCUT2D eigenvalue weighted by atomic mass is 15.0. The van der Waals surface area contributed by atoms with Gasteiger partial charge in [0.25, 0.3) is 0 Å². The lowest BCUT2D eigenvalue weighted by Crippen LogP contribution is -2.18. The summed E-state index contributed by atoms with van der Waals surface area (Å²) in [4.78, 5) is 0. The number of aryl methyl sites for hydroxylation is 3. The van der Waals surface area contributed by atoms with E-state index in [0.717, 1.165) is 19.4 Å². The molecule has 1 aliphatic rings. The van der Waals surface area contributed by atoms with Gasteiger partial charge in [0.15, 0.2) is 0 Å². The van der Waals surface area contributed by atoms with Crippen molar-refractivity contribution < 1.29 is 0 Å². The number of hydrogen-bond donors (Lipinski definition) is 1. The Morgan fingerprint density at radius 1 is 1.26 bits per heavy atom. The van der Waals surface area contributed by atoms with Crippen LogP contribution in [0.15, 0.2) is 36.5 Å². The molecule has 19 heavy (non-hydrogen) atoms. The van der Waals surface area contributed by atoms with Crippen molar-refractivity contribution in [2.45, 2.75) is 45.2 Å².